The quantitative estimate of drug-likeness (QED) is 0.243. The van der Waals surface area contributed by atoms with Crippen molar-refractivity contribution in [2.45, 2.75) is 39.7 Å². The summed E-state index contributed by atoms with van der Waals surface area (Å²) < 4.78 is 16.0. The van der Waals surface area contributed by atoms with Gasteiger partial charge >= 0.3 is 0 Å². The number of ether oxygens (including phenoxy) is 2. The molecule has 40 heavy (non-hydrogen) atoms. The Kier molecular flexibility index (Phi) is 8.13. The van der Waals surface area contributed by atoms with E-state index in [4.69, 9.17) is 19.7 Å². The molecule has 0 saturated carbocycles. The minimum atomic E-state index is -0.396. The number of rotatable bonds is 8. The zero-order chi connectivity index (χ0) is 29.0. The van der Waals surface area contributed by atoms with Crippen molar-refractivity contribution in [3.8, 4) is 22.8 Å². The van der Waals surface area contributed by atoms with Crippen LogP contribution in [-0.4, -0.2) is 31.2 Å². The van der Waals surface area contributed by atoms with E-state index in [2.05, 4.69) is 15.8 Å². The summed E-state index contributed by atoms with van der Waals surface area (Å²) in [5.41, 5.74) is 11.2. The van der Waals surface area contributed by atoms with Crippen molar-refractivity contribution in [1.29, 1.82) is 0 Å². The minimum Gasteiger partial charge on any atom is -0.497 e. The Hall–Kier alpha value is -4.79. The molecular weight excluding hydrogens is 508 g/mol. The maximum atomic E-state index is 13.3. The summed E-state index contributed by atoms with van der Waals surface area (Å²) in [6.45, 7) is 8.36. The van der Waals surface area contributed by atoms with Gasteiger partial charge in [0.25, 0.3) is 11.8 Å². The van der Waals surface area contributed by atoms with Gasteiger partial charge in [-0.25, -0.2) is 0 Å². The van der Waals surface area contributed by atoms with Crippen molar-refractivity contribution < 1.29 is 23.6 Å². The summed E-state index contributed by atoms with van der Waals surface area (Å²) in [5.74, 6) is 0.346. The highest BCUT2D eigenvalue weighted by atomic mass is 16.5. The van der Waals surface area contributed by atoms with Gasteiger partial charge in [-0.05, 0) is 65.4 Å². The smallest absolute Gasteiger partial charge is 0.290 e. The second-order valence-corrected chi connectivity index (χ2v) is 10.5. The zero-order valence-electron chi connectivity index (χ0n) is 23.5. The summed E-state index contributed by atoms with van der Waals surface area (Å²) in [6.07, 6.45) is 0. The van der Waals surface area contributed by atoms with Gasteiger partial charge in [0, 0.05) is 23.9 Å². The lowest BCUT2D eigenvalue weighted by Crippen LogP contribution is -2.22. The molecule has 4 rings (SSSR count). The van der Waals surface area contributed by atoms with Crippen molar-refractivity contribution in [2.75, 3.05) is 25.3 Å². The molecule has 0 bridgehead atoms. The fourth-order valence-electron chi connectivity index (χ4n) is 4.22. The number of amides is 2. The number of nitrogens with two attached hydrogens (primary N) is 1. The van der Waals surface area contributed by atoms with Crippen molar-refractivity contribution in [3.05, 3.63) is 88.7 Å². The molecule has 4 aromatic rings. The number of anilines is 2. The normalized spacial score (nSPS) is 11.2. The maximum Gasteiger partial charge on any atom is 0.290 e. The van der Waals surface area contributed by atoms with Gasteiger partial charge in [0.05, 0.1) is 25.5 Å². The standard InChI is InChI=1S/C31H34N4O5/c1-18-10-11-21(34-29(36)24-13-20(31(2,3)4)14-25(32)28(24)39-6)15-23(18)26-16-27(40-35-26)30(37)33-17-19-8-7-9-22(12-19)38-5/h7-16H,17,32H2,1-6H3,(H,33,37)(H,34,36). The molecule has 9 heteroatoms. The average Bonchev–Trinajstić information content (AvgIpc) is 3.42. The number of nitrogens with zero attached hydrogens (tertiary/aromatic N) is 1. The minimum absolute atomic E-state index is 0.0749. The average molecular weight is 543 g/mol. The first kappa shape index (κ1) is 28.2. The van der Waals surface area contributed by atoms with E-state index in [1.54, 1.807) is 31.4 Å². The number of hydrogen-bond acceptors (Lipinski definition) is 7. The van der Waals surface area contributed by atoms with Crippen LogP contribution in [0.25, 0.3) is 11.3 Å². The monoisotopic (exact) mass is 542 g/mol. The molecule has 4 N–H and O–H groups in total. The van der Waals surface area contributed by atoms with E-state index in [1.807, 2.05) is 64.1 Å². The summed E-state index contributed by atoms with van der Waals surface area (Å²) >= 11 is 0. The highest BCUT2D eigenvalue weighted by molar-refractivity contribution is 6.07. The van der Waals surface area contributed by atoms with Crippen LogP contribution in [0.1, 0.15) is 58.4 Å². The molecule has 3 aromatic carbocycles. The number of benzene rings is 3. The number of carbonyl (C=O) groups is 2. The summed E-state index contributed by atoms with van der Waals surface area (Å²) in [4.78, 5) is 26.0. The van der Waals surface area contributed by atoms with Crippen LogP contribution in [0.5, 0.6) is 11.5 Å². The maximum absolute atomic E-state index is 13.3. The molecule has 9 nitrogen and oxygen atoms in total. The summed E-state index contributed by atoms with van der Waals surface area (Å²) in [5, 5.41) is 9.86. The topological polar surface area (TPSA) is 129 Å². The van der Waals surface area contributed by atoms with Crippen molar-refractivity contribution in [3.63, 3.8) is 0 Å². The van der Waals surface area contributed by atoms with E-state index in [0.717, 1.165) is 16.7 Å². The van der Waals surface area contributed by atoms with Crippen LogP contribution < -0.4 is 25.8 Å². The molecule has 0 saturated heterocycles. The van der Waals surface area contributed by atoms with Gasteiger partial charge < -0.3 is 30.4 Å². The fraction of sp³-hybridized carbons (Fsp3) is 0.258. The Balaban J connectivity index is 1.53. The zero-order valence-corrected chi connectivity index (χ0v) is 23.5. The lowest BCUT2D eigenvalue weighted by atomic mass is 9.85. The van der Waals surface area contributed by atoms with Crippen molar-refractivity contribution in [2.24, 2.45) is 0 Å². The van der Waals surface area contributed by atoms with Gasteiger partial charge in [-0.3, -0.25) is 9.59 Å². The van der Waals surface area contributed by atoms with Gasteiger partial charge in [-0.15, -0.1) is 0 Å². The van der Waals surface area contributed by atoms with E-state index >= 15 is 0 Å². The molecule has 0 radical (unpaired) electrons. The van der Waals surface area contributed by atoms with Gasteiger partial charge in [-0.1, -0.05) is 44.1 Å². The number of hydrogen-bond donors (Lipinski definition) is 3. The predicted molar refractivity (Wildman–Crippen MR) is 155 cm³/mol. The lowest BCUT2D eigenvalue weighted by molar-refractivity contribution is 0.0913. The van der Waals surface area contributed by atoms with Crippen LogP contribution in [-0.2, 0) is 12.0 Å². The summed E-state index contributed by atoms with van der Waals surface area (Å²) in [7, 11) is 3.08. The Labute approximate surface area is 233 Å². The van der Waals surface area contributed by atoms with Gasteiger partial charge in [0.15, 0.2) is 5.75 Å². The predicted octanol–water partition coefficient (Wildman–Crippen LogP) is 5.73. The second-order valence-electron chi connectivity index (χ2n) is 10.5. The van der Waals surface area contributed by atoms with Gasteiger partial charge in [-0.2, -0.15) is 0 Å². The Morgan fingerprint density at radius 2 is 1.75 bits per heavy atom. The number of aryl methyl sites for hydroxylation is 1. The van der Waals surface area contributed by atoms with E-state index < -0.39 is 5.91 Å². The third kappa shape index (κ3) is 6.26. The first-order chi connectivity index (χ1) is 19.0. The van der Waals surface area contributed by atoms with E-state index in [1.165, 1.54) is 7.11 Å². The van der Waals surface area contributed by atoms with E-state index in [0.29, 0.717) is 46.2 Å². The number of nitrogen functional groups attached to an aromatic ring is 1. The molecule has 0 spiro atoms. The summed E-state index contributed by atoms with van der Waals surface area (Å²) in [6, 6.07) is 18.1. The van der Waals surface area contributed by atoms with E-state index in [-0.39, 0.29) is 17.1 Å². The van der Waals surface area contributed by atoms with Crippen LogP contribution in [0.2, 0.25) is 0 Å². The molecule has 0 atom stereocenters. The van der Waals surface area contributed by atoms with Crippen LogP contribution in [0.4, 0.5) is 11.4 Å². The third-order valence-electron chi connectivity index (χ3n) is 6.52. The van der Waals surface area contributed by atoms with Gasteiger partial charge in [0.1, 0.15) is 11.4 Å². The van der Waals surface area contributed by atoms with Gasteiger partial charge in [0.2, 0.25) is 5.76 Å². The number of nitrogens with one attached hydrogen (secondary N) is 2. The van der Waals surface area contributed by atoms with Crippen LogP contribution in [0, 0.1) is 6.92 Å². The van der Waals surface area contributed by atoms with Crippen LogP contribution in [0.3, 0.4) is 0 Å². The van der Waals surface area contributed by atoms with E-state index in [9.17, 15) is 9.59 Å². The highest BCUT2D eigenvalue weighted by Crippen LogP contribution is 2.34. The third-order valence-corrected chi connectivity index (χ3v) is 6.52. The molecule has 1 aromatic heterocycles. The van der Waals surface area contributed by atoms with Crippen LogP contribution >= 0.6 is 0 Å². The van der Waals surface area contributed by atoms with Crippen LogP contribution in [0.15, 0.2) is 65.2 Å². The highest BCUT2D eigenvalue weighted by Gasteiger charge is 2.23. The Morgan fingerprint density at radius 3 is 2.45 bits per heavy atom. The molecule has 1 heterocycles. The SMILES string of the molecule is COc1cccc(CNC(=O)c2cc(-c3cc(NC(=O)c4cc(C(C)(C)C)cc(N)c4OC)ccc3C)no2)c1. The molecule has 0 unspecified atom stereocenters. The molecule has 208 valence electrons. The molecule has 2 amide bonds. The largest absolute Gasteiger partial charge is 0.497 e. The van der Waals surface area contributed by atoms with Crippen molar-refractivity contribution in [1.82, 2.24) is 10.5 Å². The fourth-order valence-corrected chi connectivity index (χ4v) is 4.22. The first-order valence-electron chi connectivity index (χ1n) is 12.8. The molecule has 0 aliphatic carbocycles. The molecular formula is C31H34N4O5. The molecule has 0 aliphatic heterocycles. The number of aromatic nitrogens is 1. The Bertz CT molecular complexity index is 1550. The Morgan fingerprint density at radius 1 is 0.975 bits per heavy atom. The second kappa shape index (κ2) is 11.5. The number of methoxy groups -OCH3 is 2. The molecule has 0 fully saturated rings. The number of carbonyl (C=O) groups excluding carboxylic acids is 2. The van der Waals surface area contributed by atoms with Crippen molar-refractivity contribution >= 4 is 23.2 Å². The first-order valence-corrected chi connectivity index (χ1v) is 12.8. The molecule has 0 aliphatic rings. The lowest BCUT2D eigenvalue weighted by Gasteiger charge is -2.22.